The highest BCUT2D eigenvalue weighted by atomic mass is 19.3. The third-order valence-electron chi connectivity index (χ3n) is 4.06. The van der Waals surface area contributed by atoms with Crippen LogP contribution in [0, 0.1) is 5.82 Å². The van der Waals surface area contributed by atoms with Gasteiger partial charge in [0.15, 0.2) is 17.5 Å². The molecule has 3 N–H and O–H groups in total. The van der Waals surface area contributed by atoms with Crippen molar-refractivity contribution in [2.45, 2.75) is 20.1 Å². The lowest BCUT2D eigenvalue weighted by Gasteiger charge is -2.17. The summed E-state index contributed by atoms with van der Waals surface area (Å²) in [5.74, 6) is -0.559. The molecule has 168 valence electrons. The molecule has 0 atom stereocenters. The van der Waals surface area contributed by atoms with Gasteiger partial charge in [-0.1, -0.05) is 24.3 Å². The van der Waals surface area contributed by atoms with Gasteiger partial charge in [0.2, 0.25) is 0 Å². The zero-order valence-corrected chi connectivity index (χ0v) is 17.3. The van der Waals surface area contributed by atoms with Gasteiger partial charge >= 0.3 is 6.61 Å². The number of hydrogen-bond acceptors (Lipinski definition) is 4. The van der Waals surface area contributed by atoms with Crippen molar-refractivity contribution in [2.75, 3.05) is 26.7 Å². The molecular formula is C21H25F3N4O3. The molecule has 0 unspecified atom stereocenters. The van der Waals surface area contributed by atoms with Gasteiger partial charge in [-0.05, 0) is 25.1 Å². The van der Waals surface area contributed by atoms with Gasteiger partial charge < -0.3 is 25.4 Å². The maximum Gasteiger partial charge on any atom is 0.387 e. The van der Waals surface area contributed by atoms with Crippen LogP contribution in [0.25, 0.3) is 0 Å². The molecule has 0 aliphatic heterocycles. The van der Waals surface area contributed by atoms with Gasteiger partial charge in [-0.2, -0.15) is 8.78 Å². The summed E-state index contributed by atoms with van der Waals surface area (Å²) in [5, 5.41) is 8.56. The smallest absolute Gasteiger partial charge is 0.387 e. The molecule has 2 aromatic carbocycles. The lowest BCUT2D eigenvalue weighted by molar-refractivity contribution is -0.0520. The Labute approximate surface area is 178 Å². The van der Waals surface area contributed by atoms with E-state index in [1.807, 2.05) is 0 Å². The topological polar surface area (TPSA) is 84.0 Å². The van der Waals surface area contributed by atoms with Crippen LogP contribution in [0.1, 0.15) is 22.8 Å². The van der Waals surface area contributed by atoms with Crippen LogP contribution in [0.15, 0.2) is 47.5 Å². The molecule has 0 aromatic heterocycles. The largest absolute Gasteiger partial charge is 0.490 e. The number of halogens is 3. The van der Waals surface area contributed by atoms with E-state index in [1.165, 1.54) is 18.2 Å². The number of para-hydroxylation sites is 1. The van der Waals surface area contributed by atoms with Gasteiger partial charge in [-0.25, -0.2) is 4.39 Å². The highest BCUT2D eigenvalue weighted by Gasteiger charge is 2.16. The molecule has 0 saturated heterocycles. The van der Waals surface area contributed by atoms with Crippen LogP contribution in [0.3, 0.4) is 0 Å². The summed E-state index contributed by atoms with van der Waals surface area (Å²) in [6, 6.07) is 10.6. The summed E-state index contributed by atoms with van der Waals surface area (Å²) in [6.07, 6.45) is 0. The van der Waals surface area contributed by atoms with Crippen molar-refractivity contribution in [3.8, 4) is 11.5 Å². The molecule has 0 radical (unpaired) electrons. The number of carbonyl (C=O) groups excluding carboxylic acids is 1. The van der Waals surface area contributed by atoms with Crippen molar-refractivity contribution in [1.29, 1.82) is 0 Å². The molecule has 2 aromatic rings. The molecule has 7 nitrogen and oxygen atoms in total. The summed E-state index contributed by atoms with van der Waals surface area (Å²) in [4.78, 5) is 16.0. The van der Waals surface area contributed by atoms with Crippen LogP contribution in [-0.2, 0) is 6.54 Å². The average Bonchev–Trinajstić information content (AvgIpc) is 2.75. The molecule has 0 saturated carbocycles. The van der Waals surface area contributed by atoms with Crippen LogP contribution in [0.2, 0.25) is 0 Å². The van der Waals surface area contributed by atoms with Gasteiger partial charge in [0.05, 0.1) is 12.2 Å². The first-order valence-corrected chi connectivity index (χ1v) is 9.63. The Balaban J connectivity index is 1.88. The SMILES string of the molecule is CCOc1cccc(CNC(=NC)NCCNC(=O)c2ccccc2F)c1OC(F)F. The number of guanidine groups is 1. The number of benzene rings is 2. The van der Waals surface area contributed by atoms with Gasteiger partial charge in [0.1, 0.15) is 5.82 Å². The summed E-state index contributed by atoms with van der Waals surface area (Å²) in [6.45, 7) is -0.279. The van der Waals surface area contributed by atoms with E-state index in [4.69, 9.17) is 4.74 Å². The fourth-order valence-electron chi connectivity index (χ4n) is 2.69. The van der Waals surface area contributed by atoms with E-state index in [0.717, 1.165) is 0 Å². The van der Waals surface area contributed by atoms with E-state index in [1.54, 1.807) is 38.2 Å². The number of amides is 1. The average molecular weight is 438 g/mol. The van der Waals surface area contributed by atoms with Gasteiger partial charge in [0, 0.05) is 32.2 Å². The first-order chi connectivity index (χ1) is 15.0. The lowest BCUT2D eigenvalue weighted by atomic mass is 10.2. The van der Waals surface area contributed by atoms with E-state index in [2.05, 4.69) is 25.7 Å². The molecule has 1 amide bonds. The number of ether oxygens (including phenoxy) is 2. The predicted octanol–water partition coefficient (Wildman–Crippen LogP) is 2.92. The Morgan fingerprint density at radius 1 is 1.06 bits per heavy atom. The minimum absolute atomic E-state index is 0.0363. The molecule has 2 rings (SSSR count). The molecular weight excluding hydrogens is 413 g/mol. The Hall–Kier alpha value is -3.43. The third-order valence-corrected chi connectivity index (χ3v) is 4.06. The Morgan fingerprint density at radius 2 is 1.81 bits per heavy atom. The van der Waals surface area contributed by atoms with E-state index < -0.39 is 18.3 Å². The Morgan fingerprint density at radius 3 is 2.48 bits per heavy atom. The molecule has 0 spiro atoms. The highest BCUT2D eigenvalue weighted by molar-refractivity contribution is 5.94. The zero-order chi connectivity index (χ0) is 22.6. The van der Waals surface area contributed by atoms with Crippen molar-refractivity contribution >= 4 is 11.9 Å². The van der Waals surface area contributed by atoms with Crippen LogP contribution < -0.4 is 25.4 Å². The zero-order valence-electron chi connectivity index (χ0n) is 17.3. The minimum atomic E-state index is -2.99. The molecule has 0 aliphatic rings. The van der Waals surface area contributed by atoms with Gasteiger partial charge in [-0.3, -0.25) is 9.79 Å². The lowest BCUT2D eigenvalue weighted by Crippen LogP contribution is -2.41. The van der Waals surface area contributed by atoms with Crippen LogP contribution in [0.4, 0.5) is 13.2 Å². The van der Waals surface area contributed by atoms with Gasteiger partial charge in [0.25, 0.3) is 5.91 Å². The fraction of sp³-hybridized carbons (Fsp3) is 0.333. The Kier molecular flexibility index (Phi) is 9.47. The van der Waals surface area contributed by atoms with Crippen LogP contribution in [0.5, 0.6) is 11.5 Å². The van der Waals surface area contributed by atoms with E-state index in [0.29, 0.717) is 24.7 Å². The normalized spacial score (nSPS) is 11.2. The summed E-state index contributed by atoms with van der Waals surface area (Å²) in [5.41, 5.74) is 0.424. The summed E-state index contributed by atoms with van der Waals surface area (Å²) >= 11 is 0. The second kappa shape index (κ2) is 12.3. The quantitative estimate of drug-likeness (QED) is 0.302. The Bertz CT molecular complexity index is 894. The molecule has 0 aliphatic carbocycles. The molecule has 31 heavy (non-hydrogen) atoms. The fourth-order valence-corrected chi connectivity index (χ4v) is 2.69. The van der Waals surface area contributed by atoms with Crippen molar-refractivity contribution in [3.05, 3.63) is 59.4 Å². The predicted molar refractivity (Wildman–Crippen MR) is 111 cm³/mol. The number of hydrogen-bond donors (Lipinski definition) is 3. The summed E-state index contributed by atoms with van der Waals surface area (Å²) < 4.78 is 49.2. The maximum absolute atomic E-state index is 13.6. The first-order valence-electron chi connectivity index (χ1n) is 9.63. The molecule has 0 bridgehead atoms. The van der Waals surface area contributed by atoms with Crippen molar-refractivity contribution in [1.82, 2.24) is 16.0 Å². The monoisotopic (exact) mass is 438 g/mol. The number of rotatable bonds is 10. The van der Waals surface area contributed by atoms with E-state index >= 15 is 0 Å². The number of carbonyl (C=O) groups is 1. The highest BCUT2D eigenvalue weighted by Crippen LogP contribution is 2.32. The number of nitrogens with one attached hydrogen (secondary N) is 3. The number of alkyl halides is 2. The number of aliphatic imine (C=N–C) groups is 1. The van der Waals surface area contributed by atoms with Crippen LogP contribution in [-0.4, -0.2) is 45.2 Å². The maximum atomic E-state index is 13.6. The second-order valence-corrected chi connectivity index (χ2v) is 6.14. The van der Waals surface area contributed by atoms with Crippen LogP contribution >= 0.6 is 0 Å². The van der Waals surface area contributed by atoms with E-state index in [9.17, 15) is 18.0 Å². The van der Waals surface area contributed by atoms with E-state index in [-0.39, 0.29) is 30.2 Å². The minimum Gasteiger partial charge on any atom is -0.490 e. The van der Waals surface area contributed by atoms with Crippen molar-refractivity contribution < 1.29 is 27.4 Å². The van der Waals surface area contributed by atoms with Crippen molar-refractivity contribution in [3.63, 3.8) is 0 Å². The van der Waals surface area contributed by atoms with Gasteiger partial charge in [-0.15, -0.1) is 0 Å². The third kappa shape index (κ3) is 7.40. The number of nitrogens with zero attached hydrogens (tertiary/aromatic N) is 1. The first kappa shape index (κ1) is 23.8. The van der Waals surface area contributed by atoms with Crippen molar-refractivity contribution in [2.24, 2.45) is 4.99 Å². The summed E-state index contributed by atoms with van der Waals surface area (Å²) in [7, 11) is 1.54. The molecule has 10 heteroatoms. The molecule has 0 heterocycles. The second-order valence-electron chi connectivity index (χ2n) is 6.14. The standard InChI is InChI=1S/C21H25F3N4O3/c1-3-30-17-10-6-7-14(18(17)31-20(23)24)13-28-21(25-2)27-12-11-26-19(29)15-8-4-5-9-16(15)22/h4-10,20H,3,11-13H2,1-2H3,(H,26,29)(H2,25,27,28). The molecule has 0 fully saturated rings.